The Kier molecular flexibility index (Phi) is 8.45. The zero-order valence-electron chi connectivity index (χ0n) is 35.1. The molecule has 0 saturated heterocycles. The lowest BCUT2D eigenvalue weighted by Gasteiger charge is -2.18. The van der Waals surface area contributed by atoms with Crippen LogP contribution in [0.15, 0.2) is 243 Å². The number of rotatable bonds is 7. The second kappa shape index (κ2) is 14.8. The smallest absolute Gasteiger partial charge is 0.242 e. The van der Waals surface area contributed by atoms with Gasteiger partial charge in [0.2, 0.25) is 13.4 Å². The second-order valence-corrected chi connectivity index (χ2v) is 17.2. The fourth-order valence-corrected chi connectivity index (χ4v) is 11.0. The zero-order valence-corrected chi connectivity index (χ0v) is 35.1. The lowest BCUT2D eigenvalue weighted by Crippen LogP contribution is -2.53. The Hall–Kier alpha value is -8.07. The number of nitrogens with zero attached hydrogens (tertiary/aromatic N) is 2. The van der Waals surface area contributed by atoms with Gasteiger partial charge in [0.25, 0.3) is 0 Å². The van der Waals surface area contributed by atoms with Gasteiger partial charge in [-0.1, -0.05) is 233 Å². The molecule has 2 aromatic heterocycles. The Balaban J connectivity index is 0.937. The first-order valence-electron chi connectivity index (χ1n) is 22.3. The van der Waals surface area contributed by atoms with Crippen LogP contribution in [0.1, 0.15) is 0 Å². The highest BCUT2D eigenvalue weighted by Gasteiger charge is 2.34. The van der Waals surface area contributed by atoms with Crippen molar-refractivity contribution >= 4 is 89.8 Å². The molecule has 0 unspecified atom stereocenters. The van der Waals surface area contributed by atoms with Gasteiger partial charge < -0.3 is 9.13 Å². The monoisotopic (exact) mass is 810 g/mol. The van der Waals surface area contributed by atoms with Gasteiger partial charge in [0.1, 0.15) is 0 Å². The highest BCUT2D eigenvalue weighted by atomic mass is 15.0. The average Bonchev–Trinajstić information content (AvgIpc) is 4.01. The summed E-state index contributed by atoms with van der Waals surface area (Å²) in [6.07, 6.45) is 0. The SMILES string of the molecule is c1ccc(B(c2ccccc2)c2ccc3c(c2)-c2ccccc2B3c2cccc(-c3cccc(-n4c5ccccc5c5c4ccc4c6ccccc6n(-c6ccccc6)c45)c3)c2)cc1. The van der Waals surface area contributed by atoms with Crippen LogP contribution in [0, 0.1) is 0 Å². The van der Waals surface area contributed by atoms with E-state index in [1.807, 2.05) is 0 Å². The van der Waals surface area contributed by atoms with Gasteiger partial charge in [-0.15, -0.1) is 0 Å². The molecule has 64 heavy (non-hydrogen) atoms. The summed E-state index contributed by atoms with van der Waals surface area (Å²) < 4.78 is 4.92. The highest BCUT2D eigenvalue weighted by molar-refractivity contribution is 6.99. The van der Waals surface area contributed by atoms with E-state index in [4.69, 9.17) is 0 Å². The molecule has 0 saturated carbocycles. The molecule has 3 heterocycles. The predicted octanol–water partition coefficient (Wildman–Crippen LogP) is 10.6. The van der Waals surface area contributed by atoms with E-state index in [9.17, 15) is 0 Å². The summed E-state index contributed by atoms with van der Waals surface area (Å²) in [4.78, 5) is 0. The molecule has 4 heteroatoms. The molecular formula is C60H40B2N2. The molecule has 0 radical (unpaired) electrons. The molecule has 0 N–H and O–H groups in total. The minimum atomic E-state index is 0.131. The number of hydrogen-bond donors (Lipinski definition) is 0. The molecule has 296 valence electrons. The van der Waals surface area contributed by atoms with Gasteiger partial charge >= 0.3 is 0 Å². The second-order valence-electron chi connectivity index (χ2n) is 17.2. The number of benzene rings is 10. The van der Waals surface area contributed by atoms with Crippen molar-refractivity contribution < 1.29 is 0 Å². The molecule has 0 aliphatic carbocycles. The lowest BCUT2D eigenvalue weighted by molar-refractivity contribution is 1.17. The maximum absolute atomic E-state index is 2.46. The number of aromatic nitrogens is 2. The summed E-state index contributed by atoms with van der Waals surface area (Å²) in [5.74, 6) is 0. The summed E-state index contributed by atoms with van der Waals surface area (Å²) >= 11 is 0. The summed E-state index contributed by atoms with van der Waals surface area (Å²) in [6, 6.07) is 89.6. The number of para-hydroxylation sites is 3. The maximum Gasteiger partial charge on any atom is 0.242 e. The molecule has 2 nitrogen and oxygen atoms in total. The van der Waals surface area contributed by atoms with Crippen molar-refractivity contribution in [2.45, 2.75) is 0 Å². The van der Waals surface area contributed by atoms with E-state index in [0.29, 0.717) is 0 Å². The van der Waals surface area contributed by atoms with Crippen molar-refractivity contribution in [2.75, 3.05) is 0 Å². The van der Waals surface area contributed by atoms with E-state index in [2.05, 4.69) is 252 Å². The van der Waals surface area contributed by atoms with Gasteiger partial charge in [-0.25, -0.2) is 0 Å². The zero-order chi connectivity index (χ0) is 42.1. The third-order valence-corrected chi connectivity index (χ3v) is 13.7. The Morgan fingerprint density at radius 1 is 0.328 bits per heavy atom. The first-order valence-corrected chi connectivity index (χ1v) is 22.3. The van der Waals surface area contributed by atoms with Crippen molar-refractivity contribution in [3.05, 3.63) is 243 Å². The summed E-state index contributed by atoms with van der Waals surface area (Å²) in [5, 5.41) is 5.04. The van der Waals surface area contributed by atoms with Gasteiger partial charge in [-0.3, -0.25) is 0 Å². The van der Waals surface area contributed by atoms with Crippen LogP contribution in [0.5, 0.6) is 0 Å². The van der Waals surface area contributed by atoms with E-state index in [1.165, 1.54) is 98.6 Å². The molecular weight excluding hydrogens is 770 g/mol. The minimum Gasteiger partial charge on any atom is -0.309 e. The fourth-order valence-electron chi connectivity index (χ4n) is 11.0. The van der Waals surface area contributed by atoms with Gasteiger partial charge in [0.05, 0.1) is 22.1 Å². The van der Waals surface area contributed by atoms with E-state index in [-0.39, 0.29) is 13.4 Å². The Bertz CT molecular complexity index is 3700. The maximum atomic E-state index is 2.46. The van der Waals surface area contributed by atoms with Gasteiger partial charge in [-0.05, 0) is 64.7 Å². The largest absolute Gasteiger partial charge is 0.309 e. The van der Waals surface area contributed by atoms with Crippen LogP contribution in [0.2, 0.25) is 0 Å². The third-order valence-electron chi connectivity index (χ3n) is 13.7. The standard InChI is InChI=1S/C60H40B2N2/c1-4-20-43(21-5-1)61(44-22-6-2-7-23-44)46-34-36-55-53(40-46)49-28-10-13-31-54(49)62(55)45-24-16-18-41(38-45)42-19-17-27-48(39-42)63-57-33-15-12-30-52(57)59-58(63)37-35-51-50-29-11-14-32-56(50)64(60(51)59)47-25-8-3-9-26-47/h1-40H. The summed E-state index contributed by atoms with van der Waals surface area (Å²) in [7, 11) is 0. The van der Waals surface area contributed by atoms with E-state index in [0.717, 1.165) is 11.4 Å². The molecule has 10 aromatic carbocycles. The van der Waals surface area contributed by atoms with E-state index >= 15 is 0 Å². The van der Waals surface area contributed by atoms with Crippen molar-refractivity contribution in [3.63, 3.8) is 0 Å². The number of fused-ring (bicyclic) bond motifs is 10. The molecule has 13 rings (SSSR count). The number of hydrogen-bond acceptors (Lipinski definition) is 0. The molecule has 0 bridgehead atoms. The van der Waals surface area contributed by atoms with E-state index in [1.54, 1.807) is 0 Å². The Morgan fingerprint density at radius 2 is 0.922 bits per heavy atom. The molecule has 0 atom stereocenters. The van der Waals surface area contributed by atoms with Crippen LogP contribution in [0.3, 0.4) is 0 Å². The predicted molar refractivity (Wildman–Crippen MR) is 275 cm³/mol. The quantitative estimate of drug-likeness (QED) is 0.142. The summed E-state index contributed by atoms with van der Waals surface area (Å²) in [6.45, 7) is 0.274. The normalized spacial score (nSPS) is 12.0. The van der Waals surface area contributed by atoms with Gasteiger partial charge in [0, 0.05) is 32.9 Å². The molecule has 1 aliphatic rings. The topological polar surface area (TPSA) is 9.86 Å². The van der Waals surface area contributed by atoms with Crippen LogP contribution < -0.4 is 32.8 Å². The molecule has 1 aliphatic heterocycles. The van der Waals surface area contributed by atoms with Crippen molar-refractivity contribution in [2.24, 2.45) is 0 Å². The van der Waals surface area contributed by atoms with Crippen molar-refractivity contribution in [1.29, 1.82) is 0 Å². The fraction of sp³-hybridized carbons (Fsp3) is 0. The van der Waals surface area contributed by atoms with Crippen LogP contribution >= 0.6 is 0 Å². The Morgan fingerprint density at radius 3 is 1.69 bits per heavy atom. The lowest BCUT2D eigenvalue weighted by atomic mass is 9.36. The first kappa shape index (κ1) is 36.6. The van der Waals surface area contributed by atoms with Crippen LogP contribution in [-0.2, 0) is 0 Å². The molecule has 0 fully saturated rings. The highest BCUT2D eigenvalue weighted by Crippen LogP contribution is 2.42. The third kappa shape index (κ3) is 5.69. The van der Waals surface area contributed by atoms with Crippen LogP contribution in [-0.4, -0.2) is 22.6 Å². The Labute approximate surface area is 373 Å². The summed E-state index contributed by atoms with van der Waals surface area (Å²) in [5.41, 5.74) is 20.1. The van der Waals surface area contributed by atoms with Crippen LogP contribution in [0.4, 0.5) is 0 Å². The molecule has 0 amide bonds. The van der Waals surface area contributed by atoms with Gasteiger partial charge in [-0.2, -0.15) is 0 Å². The van der Waals surface area contributed by atoms with Gasteiger partial charge in [0.15, 0.2) is 0 Å². The van der Waals surface area contributed by atoms with Crippen molar-refractivity contribution in [1.82, 2.24) is 9.13 Å². The molecule has 12 aromatic rings. The average molecular weight is 811 g/mol. The van der Waals surface area contributed by atoms with Crippen LogP contribution in [0.25, 0.3) is 77.2 Å². The van der Waals surface area contributed by atoms with Crippen molar-refractivity contribution in [3.8, 4) is 33.6 Å². The molecule has 0 spiro atoms. The minimum absolute atomic E-state index is 0.131. The van der Waals surface area contributed by atoms with E-state index < -0.39 is 0 Å². The first-order chi connectivity index (χ1) is 31.8.